The molecule has 74 valence electrons. The second kappa shape index (κ2) is 3.56. The van der Waals surface area contributed by atoms with Gasteiger partial charge in [0.15, 0.2) is 5.78 Å². The van der Waals surface area contributed by atoms with Gasteiger partial charge in [-0.15, -0.1) is 0 Å². The zero-order valence-electron chi connectivity index (χ0n) is 7.81. The Morgan fingerprint density at radius 1 is 1.21 bits per heavy atom. The van der Waals surface area contributed by atoms with E-state index in [-0.39, 0.29) is 5.78 Å². The Morgan fingerprint density at radius 3 is 2.57 bits per heavy atom. The van der Waals surface area contributed by atoms with E-state index >= 15 is 0 Å². The van der Waals surface area contributed by atoms with Gasteiger partial charge in [0.2, 0.25) is 0 Å². The molecule has 0 spiro atoms. The molecule has 0 N–H and O–H groups in total. The van der Waals surface area contributed by atoms with Crippen LogP contribution in [0.2, 0.25) is 10.0 Å². The van der Waals surface area contributed by atoms with E-state index in [9.17, 15) is 4.79 Å². The predicted octanol–water partition coefficient (Wildman–Crippen LogP) is 3.76. The third kappa shape index (κ3) is 1.67. The van der Waals surface area contributed by atoms with Gasteiger partial charge in [-0.25, -0.2) is 0 Å². The van der Waals surface area contributed by atoms with E-state index in [0.29, 0.717) is 22.4 Å². The molecule has 0 fully saturated rings. The summed E-state index contributed by atoms with van der Waals surface area (Å²) in [5.74, 6) is 0.588. The maximum absolute atomic E-state index is 11.7. The van der Waals surface area contributed by atoms with Crippen molar-refractivity contribution < 1.29 is 4.79 Å². The average Bonchev–Trinajstić information content (AvgIpc) is 2.08. The summed E-state index contributed by atoms with van der Waals surface area (Å²) in [4.78, 5) is 11.7. The molecule has 0 bridgehead atoms. The van der Waals surface area contributed by atoms with Gasteiger partial charge in [0, 0.05) is 12.0 Å². The van der Waals surface area contributed by atoms with Crippen LogP contribution >= 0.6 is 23.2 Å². The van der Waals surface area contributed by atoms with Crippen LogP contribution in [-0.2, 0) is 6.42 Å². The second-order valence-electron chi connectivity index (χ2n) is 3.86. The summed E-state index contributed by atoms with van der Waals surface area (Å²) in [6, 6.07) is 3.50. The molecule has 14 heavy (non-hydrogen) atoms. The van der Waals surface area contributed by atoms with Crippen molar-refractivity contribution in [1.29, 1.82) is 0 Å². The molecule has 1 unspecified atom stereocenters. The summed E-state index contributed by atoms with van der Waals surface area (Å²) >= 11 is 11.8. The van der Waals surface area contributed by atoms with E-state index in [1.165, 1.54) is 0 Å². The van der Waals surface area contributed by atoms with Crippen LogP contribution in [0, 0.1) is 5.92 Å². The van der Waals surface area contributed by atoms with Crippen molar-refractivity contribution in [1.82, 2.24) is 0 Å². The summed E-state index contributed by atoms with van der Waals surface area (Å²) in [7, 11) is 0. The molecule has 2 rings (SSSR count). The minimum atomic E-state index is 0.178. The van der Waals surface area contributed by atoms with Gasteiger partial charge in [0.1, 0.15) is 0 Å². The van der Waals surface area contributed by atoms with Crippen LogP contribution in [0.4, 0.5) is 0 Å². The maximum atomic E-state index is 11.7. The second-order valence-corrected chi connectivity index (χ2v) is 4.67. The lowest BCUT2D eigenvalue weighted by molar-refractivity contribution is 0.0953. The van der Waals surface area contributed by atoms with Crippen molar-refractivity contribution in [3.63, 3.8) is 0 Å². The molecule has 0 radical (unpaired) electrons. The van der Waals surface area contributed by atoms with Crippen molar-refractivity contribution in [2.24, 2.45) is 5.92 Å². The lowest BCUT2D eigenvalue weighted by atomic mass is 9.84. The smallest absolute Gasteiger partial charge is 0.163 e. The van der Waals surface area contributed by atoms with Crippen LogP contribution in [0.5, 0.6) is 0 Å². The number of fused-ring (bicyclic) bond motifs is 1. The first kappa shape index (κ1) is 10.0. The third-order valence-corrected chi connectivity index (χ3v) is 3.27. The summed E-state index contributed by atoms with van der Waals surface area (Å²) in [6.07, 6.45) is 1.53. The highest BCUT2D eigenvalue weighted by molar-refractivity contribution is 6.42. The molecule has 0 aliphatic heterocycles. The average molecular weight is 229 g/mol. The highest BCUT2D eigenvalue weighted by Crippen LogP contribution is 2.32. The topological polar surface area (TPSA) is 17.1 Å². The minimum absolute atomic E-state index is 0.178. The number of benzene rings is 1. The van der Waals surface area contributed by atoms with Gasteiger partial charge in [-0.3, -0.25) is 4.79 Å². The Labute approximate surface area is 93.0 Å². The van der Waals surface area contributed by atoms with Crippen LogP contribution in [0.25, 0.3) is 0 Å². The molecule has 0 aromatic heterocycles. The molecule has 1 aromatic carbocycles. The molecule has 0 saturated carbocycles. The molecule has 0 heterocycles. The summed E-state index contributed by atoms with van der Waals surface area (Å²) in [6.45, 7) is 2.07. The van der Waals surface area contributed by atoms with E-state index in [2.05, 4.69) is 6.92 Å². The first-order valence-electron chi connectivity index (χ1n) is 4.59. The lowest BCUT2D eigenvalue weighted by Crippen LogP contribution is -2.17. The molecule has 1 aliphatic carbocycles. The molecular weight excluding hydrogens is 219 g/mol. The minimum Gasteiger partial charge on any atom is -0.294 e. The Kier molecular flexibility index (Phi) is 2.54. The number of Topliss-reactive ketones (excluding diaryl/α,β-unsaturated/α-hetero) is 1. The molecule has 0 amide bonds. The Morgan fingerprint density at radius 2 is 1.86 bits per heavy atom. The fourth-order valence-electron chi connectivity index (χ4n) is 1.89. The monoisotopic (exact) mass is 228 g/mol. The van der Waals surface area contributed by atoms with Crippen LogP contribution in [0.1, 0.15) is 29.3 Å². The molecule has 1 aliphatic rings. The van der Waals surface area contributed by atoms with E-state index in [4.69, 9.17) is 23.2 Å². The Bertz CT molecular complexity index is 399. The van der Waals surface area contributed by atoms with E-state index in [0.717, 1.165) is 17.5 Å². The van der Waals surface area contributed by atoms with E-state index in [1.54, 1.807) is 6.07 Å². The molecular formula is C11H10Cl2O. The van der Waals surface area contributed by atoms with E-state index < -0.39 is 0 Å². The number of hydrogen-bond donors (Lipinski definition) is 0. The lowest BCUT2D eigenvalue weighted by Gasteiger charge is -2.20. The quantitative estimate of drug-likeness (QED) is 0.661. The van der Waals surface area contributed by atoms with Gasteiger partial charge in [-0.05, 0) is 30.0 Å². The summed E-state index contributed by atoms with van der Waals surface area (Å²) < 4.78 is 0. The van der Waals surface area contributed by atoms with Gasteiger partial charge in [-0.2, -0.15) is 0 Å². The van der Waals surface area contributed by atoms with Gasteiger partial charge >= 0.3 is 0 Å². The molecule has 1 nitrogen and oxygen atoms in total. The van der Waals surface area contributed by atoms with Gasteiger partial charge in [0.05, 0.1) is 10.0 Å². The summed E-state index contributed by atoms with van der Waals surface area (Å²) in [5, 5.41) is 1.00. The first-order chi connectivity index (χ1) is 6.58. The fraction of sp³-hybridized carbons (Fsp3) is 0.364. The Hall–Kier alpha value is -0.530. The standard InChI is InChI=1S/C11H10Cl2O/c1-6-2-7-4-9(12)10(13)5-8(7)11(14)3-6/h4-6H,2-3H2,1H3. The highest BCUT2D eigenvalue weighted by Gasteiger charge is 2.23. The van der Waals surface area contributed by atoms with Crippen molar-refractivity contribution in [2.45, 2.75) is 19.8 Å². The number of hydrogen-bond acceptors (Lipinski definition) is 1. The zero-order chi connectivity index (χ0) is 10.3. The van der Waals surface area contributed by atoms with E-state index in [1.807, 2.05) is 6.07 Å². The van der Waals surface area contributed by atoms with Crippen molar-refractivity contribution in [3.8, 4) is 0 Å². The number of carbonyl (C=O) groups is 1. The SMILES string of the molecule is CC1CC(=O)c2cc(Cl)c(Cl)cc2C1. The van der Waals surface area contributed by atoms with Crippen molar-refractivity contribution >= 4 is 29.0 Å². The fourth-order valence-corrected chi connectivity index (χ4v) is 2.24. The first-order valence-corrected chi connectivity index (χ1v) is 5.34. The maximum Gasteiger partial charge on any atom is 0.163 e. The number of ketones is 1. The molecule has 3 heteroatoms. The van der Waals surface area contributed by atoms with Crippen LogP contribution in [-0.4, -0.2) is 5.78 Å². The van der Waals surface area contributed by atoms with Crippen molar-refractivity contribution in [3.05, 3.63) is 33.3 Å². The number of halogens is 2. The third-order valence-electron chi connectivity index (χ3n) is 2.55. The number of rotatable bonds is 0. The van der Waals surface area contributed by atoms with Gasteiger partial charge in [0.25, 0.3) is 0 Å². The van der Waals surface area contributed by atoms with Gasteiger partial charge in [-0.1, -0.05) is 30.1 Å². The Balaban J connectivity index is 2.55. The predicted molar refractivity (Wildman–Crippen MR) is 58.3 cm³/mol. The van der Waals surface area contributed by atoms with Crippen LogP contribution in [0.15, 0.2) is 12.1 Å². The van der Waals surface area contributed by atoms with Crippen molar-refractivity contribution in [2.75, 3.05) is 0 Å². The molecule has 1 aromatic rings. The summed E-state index contributed by atoms with van der Waals surface area (Å²) in [5.41, 5.74) is 1.78. The largest absolute Gasteiger partial charge is 0.294 e. The zero-order valence-corrected chi connectivity index (χ0v) is 9.32. The van der Waals surface area contributed by atoms with Crippen LogP contribution in [0.3, 0.4) is 0 Å². The molecule has 0 saturated heterocycles. The normalized spacial score (nSPS) is 20.8. The molecule has 1 atom stereocenters. The van der Waals surface area contributed by atoms with Gasteiger partial charge < -0.3 is 0 Å². The van der Waals surface area contributed by atoms with Crippen LogP contribution < -0.4 is 0 Å². The highest BCUT2D eigenvalue weighted by atomic mass is 35.5. The number of carbonyl (C=O) groups excluding carboxylic acids is 1.